The molecule has 122 valence electrons. The molecule has 7 heteroatoms. The molecule has 2 aromatic rings. The Balaban J connectivity index is 1.80. The molecule has 0 bridgehead atoms. The maximum absolute atomic E-state index is 12.0. The average Bonchev–Trinajstić information content (AvgIpc) is 2.53. The third-order valence-electron chi connectivity index (χ3n) is 2.65. The monoisotopic (exact) mass is 325 g/mol. The van der Waals surface area contributed by atoms with Crippen molar-refractivity contribution >= 4 is 11.6 Å². The van der Waals surface area contributed by atoms with Gasteiger partial charge in [0.25, 0.3) is 5.91 Å². The number of para-hydroxylation sites is 1. The molecule has 0 aliphatic heterocycles. The third-order valence-corrected chi connectivity index (χ3v) is 2.65. The molecule has 0 fully saturated rings. The van der Waals surface area contributed by atoms with Crippen LogP contribution < -0.4 is 14.8 Å². The lowest BCUT2D eigenvalue weighted by molar-refractivity contribution is -0.153. The number of hydrogen-bond donors (Lipinski definition) is 1. The van der Waals surface area contributed by atoms with E-state index in [1.54, 1.807) is 24.3 Å². The van der Waals surface area contributed by atoms with Gasteiger partial charge in [0.1, 0.15) is 11.5 Å². The molecular formula is C16H14F3NO3. The van der Waals surface area contributed by atoms with Gasteiger partial charge in [-0.05, 0) is 36.4 Å². The minimum Gasteiger partial charge on any atom is -0.484 e. The number of nitrogens with one attached hydrogen (secondary N) is 1. The lowest BCUT2D eigenvalue weighted by Crippen LogP contribution is -2.20. The molecule has 0 radical (unpaired) electrons. The minimum absolute atomic E-state index is 0.0702. The topological polar surface area (TPSA) is 47.6 Å². The van der Waals surface area contributed by atoms with Crippen LogP contribution in [-0.4, -0.2) is 25.3 Å². The molecule has 0 aliphatic carbocycles. The van der Waals surface area contributed by atoms with Crippen molar-refractivity contribution in [2.75, 3.05) is 18.5 Å². The van der Waals surface area contributed by atoms with Gasteiger partial charge in [-0.15, -0.1) is 0 Å². The van der Waals surface area contributed by atoms with Crippen LogP contribution in [0.2, 0.25) is 0 Å². The van der Waals surface area contributed by atoms with Gasteiger partial charge in [0, 0.05) is 5.69 Å². The van der Waals surface area contributed by atoms with Crippen molar-refractivity contribution in [3.05, 3.63) is 54.6 Å². The molecule has 0 aliphatic rings. The van der Waals surface area contributed by atoms with Crippen LogP contribution in [0.1, 0.15) is 0 Å². The number of benzene rings is 2. The molecule has 0 unspecified atom stereocenters. The highest BCUT2D eigenvalue weighted by Gasteiger charge is 2.28. The van der Waals surface area contributed by atoms with Gasteiger partial charge in [-0.1, -0.05) is 18.2 Å². The van der Waals surface area contributed by atoms with Crippen LogP contribution in [0, 0.1) is 0 Å². The second-order valence-electron chi connectivity index (χ2n) is 4.58. The van der Waals surface area contributed by atoms with Crippen LogP contribution >= 0.6 is 0 Å². The summed E-state index contributed by atoms with van der Waals surface area (Å²) in [5.41, 5.74) is 0.436. The number of ether oxygens (including phenoxy) is 2. The number of halogens is 3. The summed E-state index contributed by atoms with van der Waals surface area (Å²) in [5, 5.41) is 2.57. The van der Waals surface area contributed by atoms with Gasteiger partial charge < -0.3 is 14.8 Å². The summed E-state index contributed by atoms with van der Waals surface area (Å²) in [4.78, 5) is 11.7. The number of rotatable bonds is 6. The van der Waals surface area contributed by atoms with Crippen LogP contribution in [0.15, 0.2) is 54.6 Å². The number of amides is 1. The van der Waals surface area contributed by atoms with Gasteiger partial charge in [-0.2, -0.15) is 13.2 Å². The van der Waals surface area contributed by atoms with E-state index in [4.69, 9.17) is 4.74 Å². The van der Waals surface area contributed by atoms with Crippen molar-refractivity contribution in [1.82, 2.24) is 0 Å². The summed E-state index contributed by atoms with van der Waals surface area (Å²) in [6, 6.07) is 14.4. The van der Waals surface area contributed by atoms with Crippen LogP contribution in [0.5, 0.6) is 11.5 Å². The molecular weight excluding hydrogens is 311 g/mol. The van der Waals surface area contributed by atoms with Crippen molar-refractivity contribution in [2.45, 2.75) is 6.18 Å². The first-order valence-electron chi connectivity index (χ1n) is 6.70. The molecule has 0 aromatic heterocycles. The quantitative estimate of drug-likeness (QED) is 0.882. The van der Waals surface area contributed by atoms with Crippen LogP contribution in [-0.2, 0) is 4.79 Å². The maximum Gasteiger partial charge on any atom is 0.422 e. The van der Waals surface area contributed by atoms with E-state index in [9.17, 15) is 18.0 Å². The van der Waals surface area contributed by atoms with E-state index in [0.717, 1.165) is 0 Å². The van der Waals surface area contributed by atoms with E-state index < -0.39 is 12.8 Å². The highest BCUT2D eigenvalue weighted by molar-refractivity contribution is 5.91. The Hall–Kier alpha value is -2.70. The molecule has 0 atom stereocenters. The fraction of sp³-hybridized carbons (Fsp3) is 0.188. The Morgan fingerprint density at radius 1 is 0.913 bits per heavy atom. The largest absolute Gasteiger partial charge is 0.484 e. The minimum atomic E-state index is -4.39. The average molecular weight is 325 g/mol. The van der Waals surface area contributed by atoms with E-state index in [0.29, 0.717) is 11.4 Å². The number of alkyl halides is 3. The molecule has 0 saturated carbocycles. The van der Waals surface area contributed by atoms with Crippen LogP contribution in [0.3, 0.4) is 0 Å². The molecule has 0 saturated heterocycles. The zero-order valence-corrected chi connectivity index (χ0v) is 12.0. The Morgan fingerprint density at radius 3 is 2.13 bits per heavy atom. The molecule has 0 heterocycles. The molecule has 0 spiro atoms. The lowest BCUT2D eigenvalue weighted by Gasteiger charge is -2.10. The van der Waals surface area contributed by atoms with Crippen molar-refractivity contribution in [1.29, 1.82) is 0 Å². The van der Waals surface area contributed by atoms with Gasteiger partial charge in [0.05, 0.1) is 0 Å². The molecule has 2 rings (SSSR count). The Morgan fingerprint density at radius 2 is 1.52 bits per heavy atom. The summed E-state index contributed by atoms with van der Waals surface area (Å²) < 4.78 is 45.9. The highest BCUT2D eigenvalue weighted by Crippen LogP contribution is 2.20. The van der Waals surface area contributed by atoms with Crippen molar-refractivity contribution < 1.29 is 27.4 Å². The van der Waals surface area contributed by atoms with Gasteiger partial charge >= 0.3 is 6.18 Å². The van der Waals surface area contributed by atoms with Gasteiger partial charge in [-0.3, -0.25) is 4.79 Å². The Bertz CT molecular complexity index is 627. The first-order valence-corrected chi connectivity index (χ1v) is 6.70. The van der Waals surface area contributed by atoms with Crippen molar-refractivity contribution in [3.8, 4) is 11.5 Å². The van der Waals surface area contributed by atoms with Crippen molar-refractivity contribution in [3.63, 3.8) is 0 Å². The second-order valence-corrected chi connectivity index (χ2v) is 4.58. The predicted molar refractivity (Wildman–Crippen MR) is 78.6 cm³/mol. The predicted octanol–water partition coefficient (Wildman–Crippen LogP) is 3.65. The molecule has 4 nitrogen and oxygen atoms in total. The standard InChI is InChI=1S/C16H14F3NO3/c17-16(18,19)11-23-14-8-6-12(7-9-14)20-15(21)10-22-13-4-2-1-3-5-13/h1-9H,10-11H2,(H,20,21). The first kappa shape index (κ1) is 16.7. The fourth-order valence-electron chi connectivity index (χ4n) is 1.66. The number of carbonyl (C=O) groups is 1. The second kappa shape index (κ2) is 7.53. The number of hydrogen-bond acceptors (Lipinski definition) is 3. The molecule has 1 amide bonds. The van der Waals surface area contributed by atoms with E-state index in [1.807, 2.05) is 6.07 Å². The Labute approximate surface area is 130 Å². The number of anilines is 1. The van der Waals surface area contributed by atoms with Gasteiger partial charge in [-0.25, -0.2) is 0 Å². The van der Waals surface area contributed by atoms with E-state index in [2.05, 4.69) is 10.1 Å². The fourth-order valence-corrected chi connectivity index (χ4v) is 1.66. The van der Waals surface area contributed by atoms with Crippen LogP contribution in [0.4, 0.5) is 18.9 Å². The normalized spacial score (nSPS) is 10.9. The summed E-state index contributed by atoms with van der Waals surface area (Å²) >= 11 is 0. The molecule has 1 N–H and O–H groups in total. The summed E-state index contributed by atoms with van der Waals surface area (Å²) in [6.45, 7) is -1.53. The van der Waals surface area contributed by atoms with Crippen molar-refractivity contribution in [2.24, 2.45) is 0 Å². The Kier molecular flexibility index (Phi) is 5.46. The highest BCUT2D eigenvalue weighted by atomic mass is 19.4. The summed E-state index contributed by atoms with van der Waals surface area (Å²) in [7, 11) is 0. The van der Waals surface area contributed by atoms with E-state index in [-0.39, 0.29) is 18.3 Å². The zero-order chi connectivity index (χ0) is 16.7. The zero-order valence-electron chi connectivity index (χ0n) is 12.0. The van der Waals surface area contributed by atoms with Gasteiger partial charge in [0.15, 0.2) is 13.2 Å². The van der Waals surface area contributed by atoms with E-state index in [1.165, 1.54) is 24.3 Å². The van der Waals surface area contributed by atoms with Crippen LogP contribution in [0.25, 0.3) is 0 Å². The maximum atomic E-state index is 12.0. The van der Waals surface area contributed by atoms with Gasteiger partial charge in [0.2, 0.25) is 0 Å². The third kappa shape index (κ3) is 6.29. The SMILES string of the molecule is O=C(COc1ccccc1)Nc1ccc(OCC(F)(F)F)cc1. The summed E-state index contributed by atoms with van der Waals surface area (Å²) in [6.07, 6.45) is -4.39. The molecule has 2 aromatic carbocycles. The number of carbonyl (C=O) groups excluding carboxylic acids is 1. The van der Waals surface area contributed by atoms with E-state index >= 15 is 0 Å². The smallest absolute Gasteiger partial charge is 0.422 e. The summed E-state index contributed by atoms with van der Waals surface area (Å²) in [5.74, 6) is 0.261. The molecule has 23 heavy (non-hydrogen) atoms. The lowest BCUT2D eigenvalue weighted by atomic mass is 10.3. The first-order chi connectivity index (χ1) is 10.9.